The molecule has 7 heteroatoms. The van der Waals surface area contributed by atoms with Crippen LogP contribution in [0.2, 0.25) is 0 Å². The second kappa shape index (κ2) is 7.65. The number of hydrogen-bond donors (Lipinski definition) is 1. The van der Waals surface area contributed by atoms with E-state index in [1.165, 1.54) is 0 Å². The van der Waals surface area contributed by atoms with Crippen LogP contribution in [0.1, 0.15) is 22.7 Å². The van der Waals surface area contributed by atoms with Crippen molar-refractivity contribution in [1.82, 2.24) is 9.62 Å². The maximum absolute atomic E-state index is 12.5. The van der Waals surface area contributed by atoms with E-state index in [0.717, 1.165) is 16.7 Å². The maximum Gasteiger partial charge on any atom is 0.231 e. The lowest BCUT2D eigenvalue weighted by atomic mass is 10.1. The summed E-state index contributed by atoms with van der Waals surface area (Å²) >= 11 is 0. The predicted octanol–water partition coefficient (Wildman–Crippen LogP) is 2.45. The Bertz CT molecular complexity index is 864. The quantitative estimate of drug-likeness (QED) is 0.804. The molecule has 140 valence electrons. The maximum atomic E-state index is 12.5. The molecular weight excluding hydrogens is 352 g/mol. The molecule has 1 aliphatic heterocycles. The van der Waals surface area contributed by atoms with Crippen LogP contribution in [-0.2, 0) is 15.8 Å². The van der Waals surface area contributed by atoms with Gasteiger partial charge in [0, 0.05) is 12.6 Å². The molecule has 0 radical (unpaired) electrons. The second-order valence-corrected chi connectivity index (χ2v) is 8.49. The summed E-state index contributed by atoms with van der Waals surface area (Å²) in [6, 6.07) is 13.1. The first-order chi connectivity index (χ1) is 12.3. The fourth-order valence-corrected chi connectivity index (χ4v) is 4.02. The highest BCUT2D eigenvalue weighted by molar-refractivity contribution is 7.88. The third kappa shape index (κ3) is 4.55. The Balaban J connectivity index is 1.69. The minimum atomic E-state index is -3.43. The fourth-order valence-electron chi connectivity index (χ4n) is 2.88. The average molecular weight is 376 g/mol. The van der Waals surface area contributed by atoms with Crippen molar-refractivity contribution in [3.8, 4) is 11.5 Å². The molecule has 1 unspecified atom stereocenters. The molecule has 0 bridgehead atoms. The summed E-state index contributed by atoms with van der Waals surface area (Å²) < 4.78 is 38.4. The highest BCUT2D eigenvalue weighted by atomic mass is 32.2. The van der Waals surface area contributed by atoms with E-state index in [1.807, 2.05) is 68.4 Å². The standard InChI is InChI=1S/C19H24N2O4S/c1-14-4-6-15(7-5-14)12-26(22,23)20-11-17(21(2)3)16-8-9-18-19(10-16)25-13-24-18/h4-10,17,20H,11-13H2,1-3H3. The summed E-state index contributed by atoms with van der Waals surface area (Å²) in [5.41, 5.74) is 2.85. The van der Waals surface area contributed by atoms with Crippen molar-refractivity contribution in [1.29, 1.82) is 0 Å². The van der Waals surface area contributed by atoms with E-state index < -0.39 is 10.0 Å². The Morgan fingerprint density at radius 3 is 2.46 bits per heavy atom. The van der Waals surface area contributed by atoms with E-state index in [-0.39, 0.29) is 25.1 Å². The molecule has 1 aliphatic rings. The van der Waals surface area contributed by atoms with Crippen LogP contribution in [0.4, 0.5) is 0 Å². The van der Waals surface area contributed by atoms with Gasteiger partial charge in [-0.15, -0.1) is 0 Å². The van der Waals surface area contributed by atoms with Gasteiger partial charge in [-0.05, 0) is 44.3 Å². The minimum Gasteiger partial charge on any atom is -0.454 e. The first kappa shape index (κ1) is 18.7. The highest BCUT2D eigenvalue weighted by Crippen LogP contribution is 2.35. The molecule has 0 aliphatic carbocycles. The lowest BCUT2D eigenvalue weighted by molar-refractivity contribution is 0.174. The zero-order valence-electron chi connectivity index (χ0n) is 15.2. The van der Waals surface area contributed by atoms with Gasteiger partial charge in [0.25, 0.3) is 0 Å². The van der Waals surface area contributed by atoms with Gasteiger partial charge in [-0.25, -0.2) is 13.1 Å². The van der Waals surface area contributed by atoms with E-state index in [9.17, 15) is 8.42 Å². The first-order valence-corrected chi connectivity index (χ1v) is 10.1. The molecule has 0 saturated heterocycles. The molecule has 0 saturated carbocycles. The molecule has 0 aromatic heterocycles. The Hall–Kier alpha value is -2.09. The molecule has 1 N–H and O–H groups in total. The summed E-state index contributed by atoms with van der Waals surface area (Å²) in [7, 11) is 0.412. The number of sulfonamides is 1. The lowest BCUT2D eigenvalue weighted by Crippen LogP contribution is -2.35. The monoisotopic (exact) mass is 376 g/mol. The van der Waals surface area contributed by atoms with Crippen LogP contribution in [-0.4, -0.2) is 40.8 Å². The van der Waals surface area contributed by atoms with Gasteiger partial charge in [-0.3, -0.25) is 0 Å². The molecule has 2 aromatic carbocycles. The third-order valence-corrected chi connectivity index (χ3v) is 5.70. The van der Waals surface area contributed by atoms with Crippen molar-refractivity contribution < 1.29 is 17.9 Å². The summed E-state index contributed by atoms with van der Waals surface area (Å²) in [5, 5.41) is 0. The van der Waals surface area contributed by atoms with E-state index >= 15 is 0 Å². The number of likely N-dealkylation sites (N-methyl/N-ethyl adjacent to an activating group) is 1. The smallest absolute Gasteiger partial charge is 0.231 e. The number of rotatable bonds is 7. The van der Waals surface area contributed by atoms with E-state index in [4.69, 9.17) is 9.47 Å². The van der Waals surface area contributed by atoms with Crippen LogP contribution in [0, 0.1) is 6.92 Å². The molecule has 1 heterocycles. The SMILES string of the molecule is Cc1ccc(CS(=O)(=O)NCC(c2ccc3c(c2)OCO3)N(C)C)cc1. The third-order valence-electron chi connectivity index (χ3n) is 4.38. The van der Waals surface area contributed by atoms with E-state index in [2.05, 4.69) is 4.72 Å². The number of fused-ring (bicyclic) bond motifs is 1. The average Bonchev–Trinajstić information content (AvgIpc) is 3.04. The molecule has 0 spiro atoms. The number of ether oxygens (including phenoxy) is 2. The summed E-state index contributed by atoms with van der Waals surface area (Å²) in [4.78, 5) is 1.98. The van der Waals surface area contributed by atoms with Crippen LogP contribution in [0.3, 0.4) is 0 Å². The van der Waals surface area contributed by atoms with Crippen molar-refractivity contribution in [2.45, 2.75) is 18.7 Å². The van der Waals surface area contributed by atoms with Crippen LogP contribution >= 0.6 is 0 Å². The molecule has 3 rings (SSSR count). The van der Waals surface area contributed by atoms with Crippen molar-refractivity contribution in [3.05, 3.63) is 59.2 Å². The molecule has 2 aromatic rings. The molecule has 1 atom stereocenters. The van der Waals surface area contributed by atoms with Crippen LogP contribution in [0.5, 0.6) is 11.5 Å². The molecule has 0 fully saturated rings. The highest BCUT2D eigenvalue weighted by Gasteiger charge is 2.21. The summed E-state index contributed by atoms with van der Waals surface area (Å²) in [5.74, 6) is 1.37. The Labute approximate surface area is 154 Å². The first-order valence-electron chi connectivity index (χ1n) is 8.43. The Morgan fingerprint density at radius 2 is 1.77 bits per heavy atom. The topological polar surface area (TPSA) is 67.9 Å². The number of benzene rings is 2. The predicted molar refractivity (Wildman–Crippen MR) is 101 cm³/mol. The molecule has 0 amide bonds. The van der Waals surface area contributed by atoms with Crippen molar-refractivity contribution in [2.24, 2.45) is 0 Å². The van der Waals surface area contributed by atoms with Gasteiger partial charge in [-0.2, -0.15) is 0 Å². The van der Waals surface area contributed by atoms with Gasteiger partial charge in [0.15, 0.2) is 11.5 Å². The van der Waals surface area contributed by atoms with Gasteiger partial charge in [0.1, 0.15) is 0 Å². The Kier molecular flexibility index (Phi) is 5.50. The minimum absolute atomic E-state index is 0.0332. The van der Waals surface area contributed by atoms with Crippen molar-refractivity contribution in [2.75, 3.05) is 27.4 Å². The number of aryl methyl sites for hydroxylation is 1. The molecule has 6 nitrogen and oxygen atoms in total. The summed E-state index contributed by atoms with van der Waals surface area (Å²) in [6.07, 6.45) is 0. The van der Waals surface area contributed by atoms with Crippen LogP contribution in [0.15, 0.2) is 42.5 Å². The van der Waals surface area contributed by atoms with Gasteiger partial charge in [-0.1, -0.05) is 35.9 Å². The van der Waals surface area contributed by atoms with Crippen LogP contribution < -0.4 is 14.2 Å². The van der Waals surface area contributed by atoms with Gasteiger partial charge < -0.3 is 14.4 Å². The molecular formula is C19H24N2O4S. The number of nitrogens with one attached hydrogen (secondary N) is 1. The van der Waals surface area contributed by atoms with Gasteiger partial charge in [0.2, 0.25) is 16.8 Å². The number of hydrogen-bond acceptors (Lipinski definition) is 5. The van der Waals surface area contributed by atoms with E-state index in [0.29, 0.717) is 11.5 Å². The van der Waals surface area contributed by atoms with E-state index in [1.54, 1.807) is 0 Å². The van der Waals surface area contributed by atoms with Crippen LogP contribution in [0.25, 0.3) is 0 Å². The van der Waals surface area contributed by atoms with Crippen molar-refractivity contribution in [3.63, 3.8) is 0 Å². The Morgan fingerprint density at radius 1 is 1.08 bits per heavy atom. The number of nitrogens with zero attached hydrogens (tertiary/aromatic N) is 1. The second-order valence-electron chi connectivity index (χ2n) is 6.69. The van der Waals surface area contributed by atoms with Crippen molar-refractivity contribution >= 4 is 10.0 Å². The normalized spacial score (nSPS) is 14.6. The largest absolute Gasteiger partial charge is 0.454 e. The summed E-state index contributed by atoms with van der Waals surface area (Å²) in [6.45, 7) is 2.47. The molecule has 26 heavy (non-hydrogen) atoms. The zero-order chi connectivity index (χ0) is 18.7. The van der Waals surface area contributed by atoms with Gasteiger partial charge >= 0.3 is 0 Å². The van der Waals surface area contributed by atoms with Gasteiger partial charge in [0.05, 0.1) is 5.75 Å². The lowest BCUT2D eigenvalue weighted by Gasteiger charge is -2.25. The fraction of sp³-hybridized carbons (Fsp3) is 0.368. The zero-order valence-corrected chi connectivity index (χ0v) is 16.0.